The molecule has 0 fully saturated rings. The Bertz CT molecular complexity index is 1150. The molecular weight excluding hydrogens is 418 g/mol. The first kappa shape index (κ1) is 21.2. The number of nitrogen functional groups attached to an aromatic ring is 1. The molecule has 162 valence electrons. The largest absolute Gasteiger partial charge is 0.486 e. The molecule has 0 saturated carbocycles. The summed E-state index contributed by atoms with van der Waals surface area (Å²) in [7, 11) is 0. The van der Waals surface area contributed by atoms with E-state index >= 15 is 0 Å². The number of nitriles is 1. The van der Waals surface area contributed by atoms with Crippen molar-refractivity contribution in [1.82, 2.24) is 24.8 Å². The van der Waals surface area contributed by atoms with Crippen LogP contribution in [0.3, 0.4) is 0 Å². The molecule has 10 heteroatoms. The number of hydrogen-bond acceptors (Lipinski definition) is 8. The van der Waals surface area contributed by atoms with Crippen molar-refractivity contribution in [3.05, 3.63) is 34.4 Å². The molecule has 0 amide bonds. The van der Waals surface area contributed by atoms with Crippen LogP contribution < -0.4 is 20.5 Å². The Morgan fingerprint density at radius 1 is 1.23 bits per heavy atom. The molecule has 2 aromatic heterocycles. The molecule has 1 aliphatic rings. The average molecular weight is 442 g/mol. The summed E-state index contributed by atoms with van der Waals surface area (Å²) in [4.78, 5) is 13.1. The number of nitrogens with two attached hydrogens (primary N) is 1. The molecule has 3 aromatic rings. The first-order chi connectivity index (χ1) is 15.0. The van der Waals surface area contributed by atoms with Crippen LogP contribution in [-0.2, 0) is 13.0 Å². The molecule has 4 rings (SSSR count). The Balaban J connectivity index is 1.72. The third-order valence-electron chi connectivity index (χ3n) is 4.98. The lowest BCUT2D eigenvalue weighted by Crippen LogP contribution is -2.25. The van der Waals surface area contributed by atoms with Crippen molar-refractivity contribution in [2.24, 2.45) is 5.92 Å². The van der Waals surface area contributed by atoms with E-state index in [-0.39, 0.29) is 11.1 Å². The van der Waals surface area contributed by atoms with E-state index in [0.29, 0.717) is 60.3 Å². The van der Waals surface area contributed by atoms with Gasteiger partial charge in [0.2, 0.25) is 5.28 Å². The predicted molar refractivity (Wildman–Crippen MR) is 117 cm³/mol. The van der Waals surface area contributed by atoms with Crippen molar-refractivity contribution >= 4 is 28.6 Å². The highest BCUT2D eigenvalue weighted by molar-refractivity contribution is 6.28. The summed E-state index contributed by atoms with van der Waals surface area (Å²) < 4.78 is 13.3. The minimum Gasteiger partial charge on any atom is -0.486 e. The van der Waals surface area contributed by atoms with Crippen molar-refractivity contribution in [3.63, 3.8) is 0 Å². The zero-order chi connectivity index (χ0) is 22.0. The molecule has 3 heterocycles. The van der Waals surface area contributed by atoms with E-state index in [9.17, 15) is 5.26 Å². The lowest BCUT2D eigenvalue weighted by atomic mass is 10.0. The minimum absolute atomic E-state index is 0.0740. The van der Waals surface area contributed by atoms with Gasteiger partial charge in [0.25, 0.3) is 0 Å². The van der Waals surface area contributed by atoms with Crippen LogP contribution in [0, 0.1) is 17.2 Å². The summed E-state index contributed by atoms with van der Waals surface area (Å²) in [5, 5.41) is 13.2. The SMILES string of the molecule is CC(C)CNCCn1c(Cc2cc3c(cc2C#N)OCCO3)nc2c(N)nc(Cl)nc21. The van der Waals surface area contributed by atoms with Crippen molar-refractivity contribution < 1.29 is 9.47 Å². The number of benzene rings is 1. The van der Waals surface area contributed by atoms with E-state index in [4.69, 9.17) is 31.8 Å². The summed E-state index contributed by atoms with van der Waals surface area (Å²) in [5.41, 5.74) is 8.44. The monoisotopic (exact) mass is 441 g/mol. The fourth-order valence-corrected chi connectivity index (χ4v) is 3.71. The summed E-state index contributed by atoms with van der Waals surface area (Å²) in [6, 6.07) is 5.80. The molecule has 9 nitrogen and oxygen atoms in total. The van der Waals surface area contributed by atoms with Crippen molar-refractivity contribution in [2.45, 2.75) is 26.8 Å². The van der Waals surface area contributed by atoms with Crippen LogP contribution in [0.15, 0.2) is 12.1 Å². The highest BCUT2D eigenvalue weighted by Crippen LogP contribution is 2.34. The minimum atomic E-state index is 0.0740. The van der Waals surface area contributed by atoms with Gasteiger partial charge >= 0.3 is 0 Å². The van der Waals surface area contributed by atoms with Crippen LogP contribution in [0.4, 0.5) is 5.82 Å². The van der Waals surface area contributed by atoms with E-state index in [2.05, 4.69) is 35.2 Å². The first-order valence-electron chi connectivity index (χ1n) is 10.2. The number of imidazole rings is 1. The van der Waals surface area contributed by atoms with E-state index < -0.39 is 0 Å². The second-order valence-corrected chi connectivity index (χ2v) is 8.11. The highest BCUT2D eigenvalue weighted by Gasteiger charge is 2.20. The third kappa shape index (κ3) is 4.50. The zero-order valence-electron chi connectivity index (χ0n) is 17.5. The van der Waals surface area contributed by atoms with Crippen LogP contribution in [0.5, 0.6) is 11.5 Å². The maximum atomic E-state index is 9.67. The van der Waals surface area contributed by atoms with Crippen LogP contribution >= 0.6 is 11.6 Å². The van der Waals surface area contributed by atoms with Gasteiger partial charge in [-0.3, -0.25) is 0 Å². The number of aromatic nitrogens is 4. The molecule has 1 aromatic carbocycles. The molecule has 1 aliphatic heterocycles. The second-order valence-electron chi connectivity index (χ2n) is 7.77. The van der Waals surface area contributed by atoms with Gasteiger partial charge in [-0.05, 0) is 35.7 Å². The number of rotatable bonds is 7. The number of anilines is 1. The number of ether oxygens (including phenoxy) is 2. The predicted octanol–water partition coefficient (Wildman–Crippen LogP) is 2.54. The highest BCUT2D eigenvalue weighted by atomic mass is 35.5. The molecule has 0 bridgehead atoms. The molecule has 0 atom stereocenters. The van der Waals surface area contributed by atoms with Crippen LogP contribution in [-0.4, -0.2) is 45.8 Å². The molecule has 31 heavy (non-hydrogen) atoms. The first-order valence-corrected chi connectivity index (χ1v) is 10.6. The van der Waals surface area contributed by atoms with Gasteiger partial charge in [0, 0.05) is 25.6 Å². The fraction of sp³-hybridized carbons (Fsp3) is 0.429. The van der Waals surface area contributed by atoms with Gasteiger partial charge in [0.1, 0.15) is 19.0 Å². The summed E-state index contributed by atoms with van der Waals surface area (Å²) in [6.45, 7) is 7.51. The zero-order valence-corrected chi connectivity index (χ0v) is 18.2. The number of nitrogens with one attached hydrogen (secondary N) is 1. The Kier molecular flexibility index (Phi) is 6.11. The fourth-order valence-electron chi connectivity index (χ4n) is 3.54. The normalized spacial score (nSPS) is 13.0. The molecule has 0 spiro atoms. The Hall–Kier alpha value is -3.09. The molecule has 0 unspecified atom stereocenters. The lowest BCUT2D eigenvalue weighted by Gasteiger charge is -2.20. The number of hydrogen-bond donors (Lipinski definition) is 2. The Labute approximate surface area is 185 Å². The Morgan fingerprint density at radius 3 is 2.68 bits per heavy atom. The van der Waals surface area contributed by atoms with Crippen molar-refractivity contribution in [2.75, 3.05) is 32.0 Å². The molecular formula is C21H24ClN7O2. The van der Waals surface area contributed by atoms with Crippen LogP contribution in [0.2, 0.25) is 5.28 Å². The number of fused-ring (bicyclic) bond motifs is 2. The van der Waals surface area contributed by atoms with Crippen molar-refractivity contribution in [3.8, 4) is 17.6 Å². The van der Waals surface area contributed by atoms with Crippen LogP contribution in [0.25, 0.3) is 11.2 Å². The van der Waals surface area contributed by atoms with E-state index in [1.54, 1.807) is 6.07 Å². The van der Waals surface area contributed by atoms with E-state index in [1.165, 1.54) is 0 Å². The third-order valence-corrected chi connectivity index (χ3v) is 5.14. The molecule has 0 radical (unpaired) electrons. The van der Waals surface area contributed by atoms with Gasteiger partial charge in [0.05, 0.1) is 11.6 Å². The van der Waals surface area contributed by atoms with Gasteiger partial charge in [-0.15, -0.1) is 0 Å². The van der Waals surface area contributed by atoms with Crippen molar-refractivity contribution in [1.29, 1.82) is 5.26 Å². The number of halogens is 1. The smallest absolute Gasteiger partial charge is 0.226 e. The van der Waals surface area contributed by atoms with Gasteiger partial charge in [-0.2, -0.15) is 15.2 Å². The lowest BCUT2D eigenvalue weighted by molar-refractivity contribution is 0.171. The van der Waals surface area contributed by atoms with Gasteiger partial charge in [0.15, 0.2) is 28.5 Å². The van der Waals surface area contributed by atoms with E-state index in [0.717, 1.165) is 24.5 Å². The second kappa shape index (κ2) is 8.96. The summed E-state index contributed by atoms with van der Waals surface area (Å²) in [5.74, 6) is 2.71. The van der Waals surface area contributed by atoms with Gasteiger partial charge in [-0.1, -0.05) is 13.8 Å². The van der Waals surface area contributed by atoms with E-state index in [1.807, 2.05) is 10.6 Å². The number of nitrogens with zero attached hydrogens (tertiary/aromatic N) is 5. The molecule has 3 N–H and O–H groups in total. The summed E-state index contributed by atoms with van der Waals surface area (Å²) >= 11 is 6.06. The van der Waals surface area contributed by atoms with Gasteiger partial charge in [-0.25, -0.2) is 4.98 Å². The standard InChI is InChI=1S/C21H24ClN7O2/c1-12(2)11-25-3-4-29-17(26-18-19(24)27-21(22)28-20(18)29)9-13-7-15-16(8-14(13)10-23)31-6-5-30-15/h7-8,12,25H,3-6,9,11H2,1-2H3,(H2,24,27,28). The maximum absolute atomic E-state index is 9.67. The molecule has 0 saturated heterocycles. The van der Waals surface area contributed by atoms with Gasteiger partial charge < -0.3 is 25.1 Å². The van der Waals surface area contributed by atoms with Crippen LogP contribution in [0.1, 0.15) is 30.8 Å². The Morgan fingerprint density at radius 2 is 1.97 bits per heavy atom. The summed E-state index contributed by atoms with van der Waals surface area (Å²) in [6.07, 6.45) is 0.400. The molecule has 0 aliphatic carbocycles. The maximum Gasteiger partial charge on any atom is 0.226 e. The average Bonchev–Trinajstić information content (AvgIpc) is 3.08. The quantitative estimate of drug-likeness (QED) is 0.423. The topological polar surface area (TPSA) is 124 Å².